The third-order valence-corrected chi connectivity index (χ3v) is 4.57. The van der Waals surface area contributed by atoms with Crippen molar-refractivity contribution >= 4 is 11.4 Å². The number of benzene rings is 3. The van der Waals surface area contributed by atoms with Crippen LogP contribution in [-0.2, 0) is 0 Å². The number of hydrogen-bond donors (Lipinski definition) is 2. The molecule has 0 saturated carbocycles. The molecule has 3 rings (SSSR count). The average Bonchev–Trinajstić information content (AvgIpc) is 2.51. The molecule has 3 aromatic rings. The maximum Gasteiger partial charge on any atom is 0.0401 e. The zero-order valence-corrected chi connectivity index (χ0v) is 14.8. The Kier molecular flexibility index (Phi) is 4.06. The van der Waals surface area contributed by atoms with Crippen molar-refractivity contribution in [2.75, 3.05) is 11.5 Å². The average molecular weight is 316 g/mol. The summed E-state index contributed by atoms with van der Waals surface area (Å²) in [5, 5.41) is 0. The molecular weight excluding hydrogens is 292 g/mol. The molecular formula is C22H24N2. The first-order valence-corrected chi connectivity index (χ1v) is 8.21. The molecule has 0 fully saturated rings. The van der Waals surface area contributed by atoms with Crippen molar-refractivity contribution in [3.05, 3.63) is 70.8 Å². The topological polar surface area (TPSA) is 52.0 Å². The molecule has 0 radical (unpaired) electrons. The van der Waals surface area contributed by atoms with Crippen molar-refractivity contribution in [1.82, 2.24) is 0 Å². The quantitative estimate of drug-likeness (QED) is 0.620. The van der Waals surface area contributed by atoms with Crippen LogP contribution in [0.2, 0.25) is 0 Å². The van der Waals surface area contributed by atoms with Crippen LogP contribution in [0.3, 0.4) is 0 Å². The Labute approximate surface area is 144 Å². The van der Waals surface area contributed by atoms with E-state index in [1.54, 1.807) is 0 Å². The highest BCUT2D eigenvalue weighted by atomic mass is 14.6. The lowest BCUT2D eigenvalue weighted by Crippen LogP contribution is -2.00. The highest BCUT2D eigenvalue weighted by molar-refractivity contribution is 5.98. The molecule has 0 aliphatic heterocycles. The lowest BCUT2D eigenvalue weighted by Gasteiger charge is -2.19. The van der Waals surface area contributed by atoms with E-state index in [1.165, 1.54) is 22.3 Å². The van der Waals surface area contributed by atoms with Gasteiger partial charge in [0.2, 0.25) is 0 Å². The second-order valence-electron chi connectivity index (χ2n) is 6.63. The van der Waals surface area contributed by atoms with Crippen molar-refractivity contribution in [3.8, 4) is 22.3 Å². The van der Waals surface area contributed by atoms with E-state index in [4.69, 9.17) is 11.5 Å². The van der Waals surface area contributed by atoms with Gasteiger partial charge in [-0.2, -0.15) is 0 Å². The minimum atomic E-state index is 0.756. The van der Waals surface area contributed by atoms with Gasteiger partial charge in [-0.3, -0.25) is 0 Å². The molecule has 0 aliphatic rings. The molecule has 122 valence electrons. The van der Waals surface area contributed by atoms with Gasteiger partial charge in [-0.25, -0.2) is 0 Å². The summed E-state index contributed by atoms with van der Waals surface area (Å²) in [5.41, 5.74) is 23.5. The van der Waals surface area contributed by atoms with E-state index in [-0.39, 0.29) is 0 Å². The number of rotatable bonds is 2. The first kappa shape index (κ1) is 16.1. The SMILES string of the molecule is Cc1ccc(-c2c(N)ccc(N)c2-c2ccc(C)cc2C)c(C)c1. The van der Waals surface area contributed by atoms with E-state index >= 15 is 0 Å². The van der Waals surface area contributed by atoms with Gasteiger partial charge in [0, 0.05) is 22.5 Å². The fraction of sp³-hybridized carbons (Fsp3) is 0.182. The fourth-order valence-electron chi connectivity index (χ4n) is 3.40. The van der Waals surface area contributed by atoms with Gasteiger partial charge in [-0.15, -0.1) is 0 Å². The first-order chi connectivity index (χ1) is 11.4. The van der Waals surface area contributed by atoms with Crippen LogP contribution >= 0.6 is 0 Å². The van der Waals surface area contributed by atoms with Gasteiger partial charge in [0.15, 0.2) is 0 Å². The van der Waals surface area contributed by atoms with Gasteiger partial charge in [-0.05, 0) is 62.1 Å². The van der Waals surface area contributed by atoms with Gasteiger partial charge in [0.05, 0.1) is 0 Å². The summed E-state index contributed by atoms with van der Waals surface area (Å²) in [7, 11) is 0. The summed E-state index contributed by atoms with van der Waals surface area (Å²) < 4.78 is 0. The summed E-state index contributed by atoms with van der Waals surface area (Å²) in [6, 6.07) is 16.7. The fourth-order valence-corrected chi connectivity index (χ4v) is 3.40. The lowest BCUT2D eigenvalue weighted by atomic mass is 9.87. The normalized spacial score (nSPS) is 10.8. The van der Waals surface area contributed by atoms with Crippen LogP contribution in [-0.4, -0.2) is 0 Å². The second kappa shape index (κ2) is 6.04. The van der Waals surface area contributed by atoms with Crippen LogP contribution in [0.1, 0.15) is 22.3 Å². The summed E-state index contributed by atoms with van der Waals surface area (Å²) in [4.78, 5) is 0. The molecule has 0 aromatic heterocycles. The molecule has 2 heteroatoms. The molecule has 0 saturated heterocycles. The summed E-state index contributed by atoms with van der Waals surface area (Å²) in [6.07, 6.45) is 0. The van der Waals surface area contributed by atoms with Crippen LogP contribution in [0, 0.1) is 27.7 Å². The third kappa shape index (κ3) is 2.76. The molecule has 0 bridgehead atoms. The largest absolute Gasteiger partial charge is 0.398 e. The Morgan fingerprint density at radius 3 is 1.25 bits per heavy atom. The Balaban J connectivity index is 2.36. The van der Waals surface area contributed by atoms with Gasteiger partial charge in [-0.1, -0.05) is 47.5 Å². The Bertz CT molecular complexity index is 847. The molecule has 0 heterocycles. The van der Waals surface area contributed by atoms with E-state index in [9.17, 15) is 0 Å². The molecule has 2 nitrogen and oxygen atoms in total. The predicted molar refractivity (Wildman–Crippen MR) is 105 cm³/mol. The predicted octanol–water partition coefficient (Wildman–Crippen LogP) is 5.42. The number of anilines is 2. The van der Waals surface area contributed by atoms with E-state index in [0.717, 1.165) is 33.6 Å². The van der Waals surface area contributed by atoms with Crippen molar-refractivity contribution in [1.29, 1.82) is 0 Å². The Hall–Kier alpha value is -2.74. The molecule has 4 N–H and O–H groups in total. The molecule has 0 unspecified atom stereocenters. The van der Waals surface area contributed by atoms with Crippen molar-refractivity contribution in [3.63, 3.8) is 0 Å². The smallest absolute Gasteiger partial charge is 0.0401 e. The van der Waals surface area contributed by atoms with Crippen molar-refractivity contribution in [2.45, 2.75) is 27.7 Å². The van der Waals surface area contributed by atoms with Crippen LogP contribution in [0.5, 0.6) is 0 Å². The highest BCUT2D eigenvalue weighted by Gasteiger charge is 2.17. The summed E-state index contributed by atoms with van der Waals surface area (Å²) in [5.74, 6) is 0. The van der Waals surface area contributed by atoms with Crippen molar-refractivity contribution < 1.29 is 0 Å². The number of nitrogens with two attached hydrogens (primary N) is 2. The first-order valence-electron chi connectivity index (χ1n) is 8.21. The maximum atomic E-state index is 6.39. The molecule has 0 spiro atoms. The zero-order valence-electron chi connectivity index (χ0n) is 14.8. The van der Waals surface area contributed by atoms with E-state index < -0.39 is 0 Å². The lowest BCUT2D eigenvalue weighted by molar-refractivity contribution is 1.37. The zero-order chi connectivity index (χ0) is 17.4. The number of aryl methyl sites for hydroxylation is 4. The van der Waals surface area contributed by atoms with Crippen LogP contribution < -0.4 is 11.5 Å². The number of hydrogen-bond acceptors (Lipinski definition) is 2. The van der Waals surface area contributed by atoms with Gasteiger partial charge < -0.3 is 11.5 Å². The van der Waals surface area contributed by atoms with Gasteiger partial charge >= 0.3 is 0 Å². The van der Waals surface area contributed by atoms with Gasteiger partial charge in [0.1, 0.15) is 0 Å². The minimum absolute atomic E-state index is 0.756. The maximum absolute atomic E-state index is 6.39. The molecule has 24 heavy (non-hydrogen) atoms. The highest BCUT2D eigenvalue weighted by Crippen LogP contribution is 2.43. The van der Waals surface area contributed by atoms with Crippen LogP contribution in [0.15, 0.2) is 48.5 Å². The van der Waals surface area contributed by atoms with E-state index in [0.29, 0.717) is 0 Å². The van der Waals surface area contributed by atoms with Crippen molar-refractivity contribution in [2.24, 2.45) is 0 Å². The summed E-state index contributed by atoms with van der Waals surface area (Å²) in [6.45, 7) is 8.45. The Morgan fingerprint density at radius 1 is 0.542 bits per heavy atom. The van der Waals surface area contributed by atoms with Crippen LogP contribution in [0.4, 0.5) is 11.4 Å². The van der Waals surface area contributed by atoms with E-state index in [2.05, 4.69) is 64.1 Å². The molecule has 0 amide bonds. The second-order valence-corrected chi connectivity index (χ2v) is 6.63. The minimum Gasteiger partial charge on any atom is -0.398 e. The third-order valence-electron chi connectivity index (χ3n) is 4.57. The molecule has 3 aromatic carbocycles. The monoisotopic (exact) mass is 316 g/mol. The molecule has 0 aliphatic carbocycles. The van der Waals surface area contributed by atoms with Gasteiger partial charge in [0.25, 0.3) is 0 Å². The standard InChI is InChI=1S/C22H24N2/c1-13-5-7-17(15(3)11-13)21-19(23)9-10-20(24)22(21)18-8-6-14(2)12-16(18)4/h5-12H,23-24H2,1-4H3. The van der Waals surface area contributed by atoms with Crippen LogP contribution in [0.25, 0.3) is 22.3 Å². The Morgan fingerprint density at radius 2 is 0.917 bits per heavy atom. The number of nitrogen functional groups attached to an aromatic ring is 2. The summed E-state index contributed by atoms with van der Waals surface area (Å²) >= 11 is 0. The molecule has 0 atom stereocenters. The van der Waals surface area contributed by atoms with E-state index in [1.807, 2.05) is 12.1 Å².